The van der Waals surface area contributed by atoms with Gasteiger partial charge in [0.05, 0.1) is 17.0 Å². The maximum Gasteiger partial charge on any atom is 0.243 e. The topological polar surface area (TPSA) is 79.0 Å². The van der Waals surface area contributed by atoms with Crippen molar-refractivity contribution in [2.75, 3.05) is 7.05 Å². The molecule has 0 amide bonds. The van der Waals surface area contributed by atoms with Crippen molar-refractivity contribution in [3.63, 3.8) is 0 Å². The second-order valence-corrected chi connectivity index (χ2v) is 8.43. The van der Waals surface area contributed by atoms with Gasteiger partial charge in [-0.1, -0.05) is 12.1 Å². The van der Waals surface area contributed by atoms with Crippen molar-refractivity contribution in [2.24, 2.45) is 0 Å². The normalized spacial score (nSPS) is 12.0. The van der Waals surface area contributed by atoms with E-state index in [0.717, 1.165) is 16.5 Å². The number of rotatable bonds is 5. The molecule has 2 heterocycles. The Hall–Kier alpha value is -3.10. The Labute approximate surface area is 161 Å². The Kier molecular flexibility index (Phi) is 4.66. The first-order valence-electron chi connectivity index (χ1n) is 8.54. The molecule has 0 aliphatic rings. The van der Waals surface area contributed by atoms with E-state index in [1.165, 1.54) is 23.5 Å². The van der Waals surface area contributed by atoms with Gasteiger partial charge in [0.1, 0.15) is 11.6 Å². The summed E-state index contributed by atoms with van der Waals surface area (Å²) in [5.74, 6) is 0.238. The molecule has 2 aromatic heterocycles. The average Bonchev–Trinajstić information content (AvgIpc) is 3.20. The molecule has 0 unspecified atom stereocenters. The minimum Gasteiger partial charge on any atom is -0.347 e. The lowest BCUT2D eigenvalue weighted by molar-refractivity contribution is 0.458. The second kappa shape index (κ2) is 7.14. The molecule has 0 radical (unpaired) electrons. The zero-order chi connectivity index (χ0) is 19.7. The Balaban J connectivity index is 1.60. The van der Waals surface area contributed by atoms with E-state index >= 15 is 0 Å². The highest BCUT2D eigenvalue weighted by Gasteiger charge is 2.21. The van der Waals surface area contributed by atoms with Crippen LogP contribution in [0.5, 0.6) is 0 Å². The van der Waals surface area contributed by atoms with Gasteiger partial charge in [-0.05, 0) is 35.9 Å². The number of aromatic nitrogens is 3. The van der Waals surface area contributed by atoms with Crippen LogP contribution in [0.3, 0.4) is 0 Å². The molecule has 0 spiro atoms. The number of pyridine rings is 1. The molecule has 4 aromatic rings. The maximum absolute atomic E-state index is 13.3. The molecule has 142 valence electrons. The summed E-state index contributed by atoms with van der Waals surface area (Å²) in [6, 6.07) is 12.9. The van der Waals surface area contributed by atoms with Crippen LogP contribution in [0.15, 0.2) is 72.0 Å². The summed E-state index contributed by atoms with van der Waals surface area (Å²) in [5, 5.41) is 0.814. The second-order valence-electron chi connectivity index (χ2n) is 6.38. The third kappa shape index (κ3) is 3.51. The van der Waals surface area contributed by atoms with E-state index in [4.69, 9.17) is 0 Å². The predicted octanol–water partition coefficient (Wildman–Crippen LogP) is 3.58. The van der Waals surface area contributed by atoms with Gasteiger partial charge >= 0.3 is 0 Å². The van der Waals surface area contributed by atoms with Crippen molar-refractivity contribution in [1.29, 1.82) is 0 Å². The standard InChI is InChI=1S/C20H17FN4O2S/c1-25(13-20-22-8-9-23-20)28(26,27)18-6-3-14(4-7-18)16-10-15-2-5-17(21)11-19(15)24-12-16/h2-12H,13H2,1H3,(H,22,23). The monoisotopic (exact) mass is 396 g/mol. The van der Waals surface area contributed by atoms with Gasteiger partial charge in [0.25, 0.3) is 0 Å². The zero-order valence-corrected chi connectivity index (χ0v) is 15.8. The number of halogens is 1. The fourth-order valence-corrected chi connectivity index (χ4v) is 4.06. The van der Waals surface area contributed by atoms with Gasteiger partial charge < -0.3 is 4.98 Å². The molecule has 0 fully saturated rings. The van der Waals surface area contributed by atoms with Crippen molar-refractivity contribution in [3.05, 3.63) is 78.8 Å². The van der Waals surface area contributed by atoms with E-state index in [2.05, 4.69) is 15.0 Å². The highest BCUT2D eigenvalue weighted by molar-refractivity contribution is 7.89. The molecular formula is C20H17FN4O2S. The molecule has 28 heavy (non-hydrogen) atoms. The number of benzene rings is 2. The summed E-state index contributed by atoms with van der Waals surface area (Å²) in [4.78, 5) is 11.4. The SMILES string of the molecule is CN(Cc1ncc[nH]1)S(=O)(=O)c1ccc(-c2cnc3cc(F)ccc3c2)cc1. The van der Waals surface area contributed by atoms with Crippen LogP contribution in [0.25, 0.3) is 22.0 Å². The fraction of sp³-hybridized carbons (Fsp3) is 0.100. The van der Waals surface area contributed by atoms with E-state index in [-0.39, 0.29) is 17.3 Å². The highest BCUT2D eigenvalue weighted by atomic mass is 32.2. The molecule has 0 aliphatic heterocycles. The number of sulfonamides is 1. The molecule has 6 nitrogen and oxygen atoms in total. The fourth-order valence-electron chi connectivity index (χ4n) is 2.93. The van der Waals surface area contributed by atoms with Gasteiger partial charge in [0.2, 0.25) is 10.0 Å². The third-order valence-electron chi connectivity index (χ3n) is 4.47. The summed E-state index contributed by atoms with van der Waals surface area (Å²) in [6.45, 7) is 0.155. The Bertz CT molecular complexity index is 1220. The summed E-state index contributed by atoms with van der Waals surface area (Å²) >= 11 is 0. The number of imidazole rings is 1. The molecule has 0 atom stereocenters. The predicted molar refractivity (Wildman–Crippen MR) is 104 cm³/mol. The van der Waals surface area contributed by atoms with Crippen LogP contribution in [-0.2, 0) is 16.6 Å². The Morgan fingerprint density at radius 1 is 1.04 bits per heavy atom. The first-order valence-corrected chi connectivity index (χ1v) is 9.98. The third-order valence-corrected chi connectivity index (χ3v) is 6.29. The summed E-state index contributed by atoms with van der Waals surface area (Å²) in [7, 11) is -2.13. The number of fused-ring (bicyclic) bond motifs is 1. The lowest BCUT2D eigenvalue weighted by Crippen LogP contribution is -2.27. The van der Waals surface area contributed by atoms with Crippen LogP contribution >= 0.6 is 0 Å². The molecular weight excluding hydrogens is 379 g/mol. The van der Waals surface area contributed by atoms with Crippen molar-refractivity contribution < 1.29 is 12.8 Å². The Morgan fingerprint density at radius 3 is 2.54 bits per heavy atom. The maximum atomic E-state index is 13.3. The first kappa shape index (κ1) is 18.3. The van der Waals surface area contributed by atoms with Crippen molar-refractivity contribution in [3.8, 4) is 11.1 Å². The molecule has 8 heteroatoms. The van der Waals surface area contributed by atoms with E-state index in [9.17, 15) is 12.8 Å². The van der Waals surface area contributed by atoms with Crippen LogP contribution in [0, 0.1) is 5.82 Å². The van der Waals surface area contributed by atoms with Gasteiger partial charge in [0, 0.05) is 42.7 Å². The summed E-state index contributed by atoms with van der Waals surface area (Å²) < 4.78 is 40.0. The van der Waals surface area contributed by atoms with Gasteiger partial charge in [-0.2, -0.15) is 4.31 Å². The molecule has 2 aromatic carbocycles. The van der Waals surface area contributed by atoms with Crippen LogP contribution < -0.4 is 0 Å². The number of hydrogen-bond donors (Lipinski definition) is 1. The number of aromatic amines is 1. The summed E-state index contributed by atoms with van der Waals surface area (Å²) in [5.41, 5.74) is 2.22. The number of H-pyrrole nitrogens is 1. The van der Waals surface area contributed by atoms with Gasteiger partial charge in [-0.3, -0.25) is 4.98 Å². The van der Waals surface area contributed by atoms with Gasteiger partial charge in [-0.15, -0.1) is 0 Å². The number of hydrogen-bond acceptors (Lipinski definition) is 4. The van der Waals surface area contributed by atoms with Crippen LogP contribution in [-0.4, -0.2) is 34.7 Å². The number of nitrogens with one attached hydrogen (secondary N) is 1. The molecule has 0 bridgehead atoms. The molecule has 0 saturated heterocycles. The van der Waals surface area contributed by atoms with E-state index in [1.54, 1.807) is 48.9 Å². The molecule has 4 rings (SSSR count). The smallest absolute Gasteiger partial charge is 0.243 e. The van der Waals surface area contributed by atoms with Crippen molar-refractivity contribution in [2.45, 2.75) is 11.4 Å². The van der Waals surface area contributed by atoms with Gasteiger partial charge in [0.15, 0.2) is 0 Å². The van der Waals surface area contributed by atoms with E-state index in [1.807, 2.05) is 6.07 Å². The van der Waals surface area contributed by atoms with E-state index in [0.29, 0.717) is 11.3 Å². The largest absolute Gasteiger partial charge is 0.347 e. The first-order chi connectivity index (χ1) is 13.4. The minimum absolute atomic E-state index is 0.155. The molecule has 0 aliphatic carbocycles. The lowest BCUT2D eigenvalue weighted by atomic mass is 10.1. The summed E-state index contributed by atoms with van der Waals surface area (Å²) in [6.07, 6.45) is 4.88. The lowest BCUT2D eigenvalue weighted by Gasteiger charge is -2.16. The quantitative estimate of drug-likeness (QED) is 0.559. The zero-order valence-electron chi connectivity index (χ0n) is 15.0. The molecule has 0 saturated carbocycles. The van der Waals surface area contributed by atoms with Crippen LogP contribution in [0.4, 0.5) is 4.39 Å². The van der Waals surface area contributed by atoms with Gasteiger partial charge in [-0.25, -0.2) is 17.8 Å². The minimum atomic E-state index is -3.64. The van der Waals surface area contributed by atoms with Crippen LogP contribution in [0.2, 0.25) is 0 Å². The highest BCUT2D eigenvalue weighted by Crippen LogP contribution is 2.25. The number of nitrogens with zero attached hydrogens (tertiary/aromatic N) is 3. The average molecular weight is 396 g/mol. The van der Waals surface area contributed by atoms with Crippen molar-refractivity contribution in [1.82, 2.24) is 19.3 Å². The van der Waals surface area contributed by atoms with E-state index < -0.39 is 10.0 Å². The Morgan fingerprint density at radius 2 is 1.82 bits per heavy atom. The van der Waals surface area contributed by atoms with Crippen LogP contribution in [0.1, 0.15) is 5.82 Å². The molecule has 1 N–H and O–H groups in total. The van der Waals surface area contributed by atoms with Crippen molar-refractivity contribution >= 4 is 20.9 Å².